The zero-order valence-electron chi connectivity index (χ0n) is 8.88. The quantitative estimate of drug-likeness (QED) is 0.621. The molecule has 1 aromatic rings. The van der Waals surface area contributed by atoms with Crippen LogP contribution < -0.4 is 5.32 Å². The lowest BCUT2D eigenvalue weighted by molar-refractivity contribution is -0.400. The summed E-state index contributed by atoms with van der Waals surface area (Å²) in [6.07, 6.45) is 3.29. The SMILES string of the molecule is CC(=O)Nc1ncc(/C=C/[N+](=O)[O-])cc1C#N. The molecule has 0 aliphatic heterocycles. The van der Waals surface area contributed by atoms with Crippen LogP contribution in [-0.4, -0.2) is 15.8 Å². The number of carbonyl (C=O) groups is 1. The summed E-state index contributed by atoms with van der Waals surface area (Å²) in [6.45, 7) is 1.30. The third kappa shape index (κ3) is 3.71. The summed E-state index contributed by atoms with van der Waals surface area (Å²) in [6, 6.07) is 3.25. The number of carbonyl (C=O) groups excluding carboxylic acids is 1. The highest BCUT2D eigenvalue weighted by molar-refractivity contribution is 5.89. The highest BCUT2D eigenvalue weighted by atomic mass is 16.6. The maximum absolute atomic E-state index is 10.8. The Bertz CT molecular complexity index is 531. The maximum atomic E-state index is 10.8. The number of nitrogens with zero attached hydrogens (tertiary/aromatic N) is 3. The third-order valence-electron chi connectivity index (χ3n) is 1.71. The van der Waals surface area contributed by atoms with Crippen molar-refractivity contribution in [2.45, 2.75) is 6.92 Å². The van der Waals surface area contributed by atoms with Crippen molar-refractivity contribution in [2.75, 3.05) is 5.32 Å². The Hall–Kier alpha value is -2.75. The van der Waals surface area contributed by atoms with E-state index in [0.717, 1.165) is 6.20 Å². The molecule has 0 unspecified atom stereocenters. The second kappa shape index (κ2) is 5.37. The van der Waals surface area contributed by atoms with Gasteiger partial charge in [0.25, 0.3) is 0 Å². The van der Waals surface area contributed by atoms with Gasteiger partial charge >= 0.3 is 0 Å². The van der Waals surface area contributed by atoms with Crippen LogP contribution in [0.2, 0.25) is 0 Å². The molecule has 1 rings (SSSR count). The number of rotatable bonds is 3. The van der Waals surface area contributed by atoms with Gasteiger partial charge in [0, 0.05) is 24.8 Å². The second-order valence-corrected chi connectivity index (χ2v) is 3.06. The van der Waals surface area contributed by atoms with Gasteiger partial charge < -0.3 is 5.32 Å². The molecule has 86 valence electrons. The highest BCUT2D eigenvalue weighted by Crippen LogP contribution is 2.14. The molecular weight excluding hydrogens is 224 g/mol. The molecule has 0 aromatic carbocycles. The fourth-order valence-corrected chi connectivity index (χ4v) is 1.07. The van der Waals surface area contributed by atoms with Crippen LogP contribution in [0.5, 0.6) is 0 Å². The summed E-state index contributed by atoms with van der Waals surface area (Å²) in [5.74, 6) is -0.208. The smallest absolute Gasteiger partial charge is 0.235 e. The molecule has 7 nitrogen and oxygen atoms in total. The summed E-state index contributed by atoms with van der Waals surface area (Å²) in [4.78, 5) is 24.2. The minimum Gasteiger partial charge on any atom is -0.310 e. The molecule has 1 heterocycles. The van der Waals surface area contributed by atoms with E-state index in [-0.39, 0.29) is 17.3 Å². The van der Waals surface area contributed by atoms with Gasteiger partial charge in [-0.2, -0.15) is 5.26 Å². The fraction of sp³-hybridized carbons (Fsp3) is 0.100. The fourth-order valence-electron chi connectivity index (χ4n) is 1.07. The summed E-state index contributed by atoms with van der Waals surface area (Å²) in [5, 5.41) is 21.3. The Morgan fingerprint density at radius 2 is 2.41 bits per heavy atom. The number of hydrogen-bond acceptors (Lipinski definition) is 5. The number of aromatic nitrogens is 1. The summed E-state index contributed by atoms with van der Waals surface area (Å²) in [5.41, 5.74) is 0.554. The number of hydrogen-bond donors (Lipinski definition) is 1. The van der Waals surface area contributed by atoms with E-state index in [0.29, 0.717) is 5.56 Å². The average Bonchev–Trinajstić information content (AvgIpc) is 2.26. The molecule has 1 amide bonds. The molecule has 0 radical (unpaired) electrons. The van der Waals surface area contributed by atoms with Crippen LogP contribution in [0.3, 0.4) is 0 Å². The van der Waals surface area contributed by atoms with Crippen LogP contribution in [0.15, 0.2) is 18.5 Å². The lowest BCUT2D eigenvalue weighted by Gasteiger charge is -2.03. The Labute approximate surface area is 96.5 Å². The van der Waals surface area contributed by atoms with E-state index >= 15 is 0 Å². The van der Waals surface area contributed by atoms with Crippen LogP contribution in [-0.2, 0) is 4.79 Å². The zero-order chi connectivity index (χ0) is 12.8. The molecule has 0 atom stereocenters. The number of nitro groups is 1. The first-order valence-corrected chi connectivity index (χ1v) is 4.52. The largest absolute Gasteiger partial charge is 0.310 e. The molecule has 1 N–H and O–H groups in total. The first-order valence-electron chi connectivity index (χ1n) is 4.52. The van der Waals surface area contributed by atoms with E-state index in [2.05, 4.69) is 10.3 Å². The molecule has 0 bridgehead atoms. The van der Waals surface area contributed by atoms with Crippen LogP contribution in [0, 0.1) is 21.4 Å². The zero-order valence-corrected chi connectivity index (χ0v) is 8.88. The Morgan fingerprint density at radius 3 is 2.94 bits per heavy atom. The van der Waals surface area contributed by atoms with Gasteiger partial charge in [-0.1, -0.05) is 0 Å². The van der Waals surface area contributed by atoms with E-state index in [1.54, 1.807) is 0 Å². The van der Waals surface area contributed by atoms with Gasteiger partial charge in [0.1, 0.15) is 11.9 Å². The van der Waals surface area contributed by atoms with Crippen molar-refractivity contribution >= 4 is 17.8 Å². The van der Waals surface area contributed by atoms with Gasteiger partial charge in [0.2, 0.25) is 12.1 Å². The molecule has 7 heteroatoms. The number of nitrogens with one attached hydrogen (secondary N) is 1. The number of anilines is 1. The molecule has 0 aliphatic carbocycles. The van der Waals surface area contributed by atoms with Gasteiger partial charge in [-0.25, -0.2) is 4.98 Å². The van der Waals surface area contributed by atoms with E-state index in [9.17, 15) is 14.9 Å². The Morgan fingerprint density at radius 1 is 1.71 bits per heavy atom. The van der Waals surface area contributed by atoms with Crippen LogP contribution >= 0.6 is 0 Å². The van der Waals surface area contributed by atoms with Gasteiger partial charge in [-0.3, -0.25) is 14.9 Å². The highest BCUT2D eigenvalue weighted by Gasteiger charge is 2.05. The van der Waals surface area contributed by atoms with Crippen molar-refractivity contribution in [3.8, 4) is 6.07 Å². The van der Waals surface area contributed by atoms with Gasteiger partial charge in [0.15, 0.2) is 0 Å². The first-order chi connectivity index (χ1) is 8.02. The normalized spacial score (nSPS) is 9.88. The van der Waals surface area contributed by atoms with Crippen LogP contribution in [0.1, 0.15) is 18.1 Å². The van der Waals surface area contributed by atoms with Crippen molar-refractivity contribution in [3.63, 3.8) is 0 Å². The lowest BCUT2D eigenvalue weighted by atomic mass is 10.2. The summed E-state index contributed by atoms with van der Waals surface area (Å²) >= 11 is 0. The molecule has 0 aliphatic rings. The summed E-state index contributed by atoms with van der Waals surface area (Å²) in [7, 11) is 0. The first kappa shape index (κ1) is 12.3. The number of pyridine rings is 1. The molecule has 0 saturated carbocycles. The Balaban J connectivity index is 3.05. The monoisotopic (exact) mass is 232 g/mol. The van der Waals surface area contributed by atoms with Crippen molar-refractivity contribution < 1.29 is 9.72 Å². The number of nitriles is 1. The topological polar surface area (TPSA) is 109 Å². The molecular formula is C10H8N4O3. The van der Waals surface area contributed by atoms with Gasteiger partial charge in [-0.05, 0) is 6.07 Å². The molecule has 17 heavy (non-hydrogen) atoms. The molecule has 0 spiro atoms. The van der Waals surface area contributed by atoms with Crippen LogP contribution in [0.25, 0.3) is 6.08 Å². The lowest BCUT2D eigenvalue weighted by Crippen LogP contribution is -2.09. The van der Waals surface area contributed by atoms with Crippen molar-refractivity contribution in [1.82, 2.24) is 4.98 Å². The molecule has 0 saturated heterocycles. The standard InChI is InChI=1S/C10H8N4O3/c1-7(15)13-10-9(5-11)4-8(6-12-10)2-3-14(16)17/h2-4,6H,1H3,(H,12,13,15)/b3-2+. The number of amides is 1. The van der Waals surface area contributed by atoms with Crippen molar-refractivity contribution in [1.29, 1.82) is 5.26 Å². The minimum atomic E-state index is -0.617. The molecule has 1 aromatic heterocycles. The average molecular weight is 232 g/mol. The van der Waals surface area contributed by atoms with E-state index in [1.807, 2.05) is 6.07 Å². The van der Waals surface area contributed by atoms with Gasteiger partial charge in [0.05, 0.1) is 10.5 Å². The summed E-state index contributed by atoms with van der Waals surface area (Å²) < 4.78 is 0. The molecule has 0 fully saturated rings. The van der Waals surface area contributed by atoms with E-state index in [4.69, 9.17) is 5.26 Å². The van der Waals surface area contributed by atoms with Gasteiger partial charge in [-0.15, -0.1) is 0 Å². The third-order valence-corrected chi connectivity index (χ3v) is 1.71. The maximum Gasteiger partial charge on any atom is 0.235 e. The predicted octanol–water partition coefficient (Wildman–Crippen LogP) is 1.16. The van der Waals surface area contributed by atoms with Crippen LogP contribution in [0.4, 0.5) is 5.82 Å². The second-order valence-electron chi connectivity index (χ2n) is 3.06. The van der Waals surface area contributed by atoms with E-state index in [1.165, 1.54) is 25.3 Å². The minimum absolute atomic E-state index is 0.137. The van der Waals surface area contributed by atoms with E-state index < -0.39 is 4.92 Å². The van der Waals surface area contributed by atoms with Crippen molar-refractivity contribution in [2.24, 2.45) is 0 Å². The predicted molar refractivity (Wildman–Crippen MR) is 59.3 cm³/mol. The Kier molecular flexibility index (Phi) is 3.89. The van der Waals surface area contributed by atoms with Crippen molar-refractivity contribution in [3.05, 3.63) is 39.7 Å².